The minimum absolute atomic E-state index is 0.309. The minimum atomic E-state index is -0.309. The van der Waals surface area contributed by atoms with Crippen LogP contribution >= 0.6 is 34.2 Å². The first-order valence-corrected chi connectivity index (χ1v) is 7.71. The summed E-state index contributed by atoms with van der Waals surface area (Å²) < 4.78 is 6.93. The van der Waals surface area contributed by atoms with Gasteiger partial charge in [0.1, 0.15) is 11.3 Å². The Hall–Kier alpha value is -1.04. The van der Waals surface area contributed by atoms with E-state index in [9.17, 15) is 0 Å². The lowest BCUT2D eigenvalue weighted by Gasteiger charge is -2.10. The number of benzene rings is 2. The quantitative estimate of drug-likeness (QED) is 0.615. The molecule has 0 amide bonds. The molecule has 4 heteroatoms. The summed E-state index contributed by atoms with van der Waals surface area (Å²) in [5.74, 6) is 0.756. The van der Waals surface area contributed by atoms with Crippen molar-refractivity contribution in [2.75, 3.05) is 0 Å². The average Bonchev–Trinajstić information content (AvgIpc) is 2.86. The summed E-state index contributed by atoms with van der Waals surface area (Å²) in [5, 5.41) is 1.79. The topological polar surface area (TPSA) is 39.2 Å². The highest BCUT2D eigenvalue weighted by Gasteiger charge is 2.16. The summed E-state index contributed by atoms with van der Waals surface area (Å²) in [6.07, 6.45) is 0. The summed E-state index contributed by atoms with van der Waals surface area (Å²) in [5.41, 5.74) is 9.26. The van der Waals surface area contributed by atoms with Gasteiger partial charge in [0.15, 0.2) is 0 Å². The predicted molar refractivity (Wildman–Crippen MR) is 91.2 cm³/mol. The number of aryl methyl sites for hydroxylation is 1. The van der Waals surface area contributed by atoms with Crippen LogP contribution in [0.5, 0.6) is 0 Å². The zero-order valence-electron chi connectivity index (χ0n) is 10.9. The van der Waals surface area contributed by atoms with E-state index in [0.717, 1.165) is 31.4 Å². The maximum absolute atomic E-state index is 6.29. The second-order valence-corrected chi connectivity index (χ2v) is 6.36. The number of hydrogen-bond acceptors (Lipinski definition) is 2. The lowest BCUT2D eigenvalue weighted by atomic mass is 10.1. The first-order valence-electron chi connectivity index (χ1n) is 6.26. The second-order valence-electron chi connectivity index (χ2n) is 4.79. The van der Waals surface area contributed by atoms with Gasteiger partial charge in [-0.2, -0.15) is 0 Å². The van der Waals surface area contributed by atoms with Gasteiger partial charge < -0.3 is 10.2 Å². The van der Waals surface area contributed by atoms with E-state index in [1.54, 1.807) is 0 Å². The molecule has 1 heterocycles. The van der Waals surface area contributed by atoms with Gasteiger partial charge in [-0.1, -0.05) is 35.9 Å². The Morgan fingerprint density at radius 2 is 2.00 bits per heavy atom. The summed E-state index contributed by atoms with van der Waals surface area (Å²) in [7, 11) is 0. The fraction of sp³-hybridized carbons (Fsp3) is 0.125. The molecule has 0 radical (unpaired) electrons. The highest BCUT2D eigenvalue weighted by Crippen LogP contribution is 2.30. The minimum Gasteiger partial charge on any atom is -0.459 e. The van der Waals surface area contributed by atoms with E-state index < -0.39 is 0 Å². The van der Waals surface area contributed by atoms with Crippen LogP contribution in [0.1, 0.15) is 22.9 Å². The normalized spacial score (nSPS) is 12.8. The van der Waals surface area contributed by atoms with E-state index in [-0.39, 0.29) is 6.04 Å². The number of furan rings is 1. The standard InChI is InChI=1S/C16H13ClINO/c1-9-3-2-4-11-8-14(20-16(9)11)15(19)10-5-6-13(18)12(17)7-10/h2-8,15H,19H2,1H3. The summed E-state index contributed by atoms with van der Waals surface area (Å²) in [6.45, 7) is 2.03. The number of nitrogens with two attached hydrogens (primary N) is 1. The molecule has 3 aromatic rings. The lowest BCUT2D eigenvalue weighted by Crippen LogP contribution is -2.10. The number of rotatable bonds is 2. The second kappa shape index (κ2) is 5.39. The first-order chi connectivity index (χ1) is 9.56. The third kappa shape index (κ3) is 2.45. The third-order valence-electron chi connectivity index (χ3n) is 3.37. The van der Waals surface area contributed by atoms with E-state index in [1.165, 1.54) is 0 Å². The van der Waals surface area contributed by atoms with Gasteiger partial charge in [0, 0.05) is 8.96 Å². The zero-order valence-corrected chi connectivity index (χ0v) is 13.8. The molecule has 20 heavy (non-hydrogen) atoms. The molecular weight excluding hydrogens is 385 g/mol. The molecule has 0 saturated heterocycles. The maximum Gasteiger partial charge on any atom is 0.137 e. The predicted octanol–water partition coefficient (Wildman–Crippen LogP) is 5.05. The molecule has 1 aromatic heterocycles. The van der Waals surface area contributed by atoms with Crippen LogP contribution in [0.15, 0.2) is 46.9 Å². The van der Waals surface area contributed by atoms with Crippen molar-refractivity contribution in [3.8, 4) is 0 Å². The summed E-state index contributed by atoms with van der Waals surface area (Å²) >= 11 is 8.35. The Morgan fingerprint density at radius 3 is 2.70 bits per heavy atom. The molecule has 2 aromatic carbocycles. The molecule has 2 nitrogen and oxygen atoms in total. The molecule has 1 unspecified atom stereocenters. The van der Waals surface area contributed by atoms with Crippen molar-refractivity contribution in [3.05, 3.63) is 67.9 Å². The largest absolute Gasteiger partial charge is 0.459 e. The molecule has 0 aliphatic heterocycles. The molecule has 0 aliphatic carbocycles. The fourth-order valence-electron chi connectivity index (χ4n) is 2.25. The van der Waals surface area contributed by atoms with Gasteiger partial charge in [0.25, 0.3) is 0 Å². The van der Waals surface area contributed by atoms with Crippen LogP contribution in [0.4, 0.5) is 0 Å². The van der Waals surface area contributed by atoms with E-state index in [4.69, 9.17) is 21.8 Å². The van der Waals surface area contributed by atoms with Crippen LogP contribution in [-0.4, -0.2) is 0 Å². The summed E-state index contributed by atoms with van der Waals surface area (Å²) in [6, 6.07) is 13.6. The van der Waals surface area contributed by atoms with Crippen LogP contribution in [0, 0.1) is 10.5 Å². The van der Waals surface area contributed by atoms with Crippen molar-refractivity contribution in [2.45, 2.75) is 13.0 Å². The van der Waals surface area contributed by atoms with Crippen molar-refractivity contribution in [1.82, 2.24) is 0 Å². The molecule has 0 aliphatic rings. The van der Waals surface area contributed by atoms with Gasteiger partial charge >= 0.3 is 0 Å². The van der Waals surface area contributed by atoms with Gasteiger partial charge in [0.2, 0.25) is 0 Å². The van der Waals surface area contributed by atoms with Gasteiger partial charge in [-0.25, -0.2) is 0 Å². The van der Waals surface area contributed by atoms with Gasteiger partial charge in [-0.05, 0) is 58.8 Å². The highest BCUT2D eigenvalue weighted by atomic mass is 127. The maximum atomic E-state index is 6.29. The Bertz CT molecular complexity index is 781. The number of para-hydroxylation sites is 1. The molecule has 102 valence electrons. The van der Waals surface area contributed by atoms with Crippen LogP contribution < -0.4 is 5.73 Å². The first kappa shape index (κ1) is 13.9. The van der Waals surface area contributed by atoms with E-state index in [0.29, 0.717) is 5.02 Å². The molecule has 3 rings (SSSR count). The molecule has 2 N–H and O–H groups in total. The SMILES string of the molecule is Cc1cccc2cc(C(N)c3ccc(I)c(Cl)c3)oc12. The lowest BCUT2D eigenvalue weighted by molar-refractivity contribution is 0.523. The molecule has 0 saturated carbocycles. The Balaban J connectivity index is 2.05. The fourth-order valence-corrected chi connectivity index (χ4v) is 2.78. The van der Waals surface area contributed by atoms with Crippen molar-refractivity contribution in [1.29, 1.82) is 0 Å². The molecule has 0 fully saturated rings. The van der Waals surface area contributed by atoms with Crippen LogP contribution in [0.3, 0.4) is 0 Å². The zero-order chi connectivity index (χ0) is 14.3. The van der Waals surface area contributed by atoms with Crippen molar-refractivity contribution >= 4 is 45.2 Å². The van der Waals surface area contributed by atoms with Crippen molar-refractivity contribution in [2.24, 2.45) is 5.73 Å². The number of fused-ring (bicyclic) bond motifs is 1. The molecule has 0 bridgehead atoms. The van der Waals surface area contributed by atoms with Crippen molar-refractivity contribution < 1.29 is 4.42 Å². The van der Waals surface area contributed by atoms with Gasteiger partial charge in [-0.15, -0.1) is 0 Å². The van der Waals surface area contributed by atoms with E-state index >= 15 is 0 Å². The summed E-state index contributed by atoms with van der Waals surface area (Å²) in [4.78, 5) is 0. The molecule has 1 atom stereocenters. The van der Waals surface area contributed by atoms with Crippen molar-refractivity contribution in [3.63, 3.8) is 0 Å². The number of hydrogen-bond donors (Lipinski definition) is 1. The monoisotopic (exact) mass is 397 g/mol. The Morgan fingerprint density at radius 1 is 1.20 bits per heavy atom. The van der Waals surface area contributed by atoms with Crippen LogP contribution in [0.2, 0.25) is 5.02 Å². The van der Waals surface area contributed by atoms with Crippen LogP contribution in [-0.2, 0) is 0 Å². The molecular formula is C16H13ClINO. The van der Waals surface area contributed by atoms with Gasteiger partial charge in [-0.3, -0.25) is 0 Å². The number of halogens is 2. The van der Waals surface area contributed by atoms with E-state index in [2.05, 4.69) is 22.6 Å². The smallest absolute Gasteiger partial charge is 0.137 e. The third-order valence-corrected chi connectivity index (χ3v) is 4.94. The Labute approximate surface area is 136 Å². The highest BCUT2D eigenvalue weighted by molar-refractivity contribution is 14.1. The van der Waals surface area contributed by atoms with Crippen LogP contribution in [0.25, 0.3) is 11.0 Å². The average molecular weight is 398 g/mol. The van der Waals surface area contributed by atoms with Gasteiger partial charge in [0.05, 0.1) is 11.1 Å². The Kier molecular flexibility index (Phi) is 3.75. The molecule has 0 spiro atoms. The van der Waals surface area contributed by atoms with E-state index in [1.807, 2.05) is 49.4 Å².